The maximum absolute atomic E-state index is 8.56. The van der Waals surface area contributed by atoms with E-state index in [1.54, 1.807) is 5.57 Å². The molecule has 2 nitrogen and oxygen atoms in total. The fraction of sp³-hybridized carbons (Fsp3) is 0.846. The molecule has 1 saturated carbocycles. The Morgan fingerprint density at radius 1 is 1.27 bits per heavy atom. The van der Waals surface area contributed by atoms with Gasteiger partial charge in [-0.25, -0.2) is 0 Å². The Hall–Kier alpha value is -0.340. The first kappa shape index (κ1) is 12.7. The Bertz CT molecular complexity index is 179. The van der Waals surface area contributed by atoms with Crippen molar-refractivity contribution in [1.29, 1.82) is 0 Å². The summed E-state index contributed by atoms with van der Waals surface area (Å²) in [4.78, 5) is 0. The zero-order chi connectivity index (χ0) is 10.9. The number of aliphatic hydroxyl groups is 1. The molecule has 88 valence electrons. The van der Waals surface area contributed by atoms with Gasteiger partial charge >= 0.3 is 0 Å². The van der Waals surface area contributed by atoms with Crippen molar-refractivity contribution in [3.63, 3.8) is 0 Å². The molecule has 1 aliphatic carbocycles. The lowest BCUT2D eigenvalue weighted by molar-refractivity contribution is 0.0867. The van der Waals surface area contributed by atoms with E-state index < -0.39 is 0 Å². The van der Waals surface area contributed by atoms with Crippen LogP contribution in [0.15, 0.2) is 11.6 Å². The van der Waals surface area contributed by atoms with Crippen LogP contribution in [-0.2, 0) is 4.74 Å². The zero-order valence-electron chi connectivity index (χ0n) is 9.87. The Morgan fingerprint density at radius 3 is 2.67 bits per heavy atom. The van der Waals surface area contributed by atoms with Crippen molar-refractivity contribution in [2.24, 2.45) is 5.92 Å². The Kier molecular flexibility index (Phi) is 6.69. The number of allylic oxidation sites excluding steroid dienone is 2. The first-order valence-corrected chi connectivity index (χ1v) is 6.21. The van der Waals surface area contributed by atoms with Crippen LogP contribution in [-0.4, -0.2) is 24.9 Å². The van der Waals surface area contributed by atoms with E-state index in [1.165, 1.54) is 32.1 Å². The fourth-order valence-electron chi connectivity index (χ4n) is 2.09. The van der Waals surface area contributed by atoms with E-state index in [2.05, 4.69) is 13.0 Å². The minimum absolute atomic E-state index is 0.134. The second-order valence-electron chi connectivity index (χ2n) is 4.49. The average Bonchev–Trinajstić information content (AvgIpc) is 2.26. The third-order valence-electron chi connectivity index (χ3n) is 2.97. The van der Waals surface area contributed by atoms with Gasteiger partial charge in [0.1, 0.15) is 0 Å². The third-order valence-corrected chi connectivity index (χ3v) is 2.97. The van der Waals surface area contributed by atoms with Crippen molar-refractivity contribution in [2.45, 2.75) is 45.4 Å². The molecule has 0 radical (unpaired) electrons. The van der Waals surface area contributed by atoms with E-state index in [0.717, 1.165) is 13.0 Å². The van der Waals surface area contributed by atoms with Crippen LogP contribution in [0.3, 0.4) is 0 Å². The van der Waals surface area contributed by atoms with Gasteiger partial charge in [-0.2, -0.15) is 0 Å². The molecule has 0 aromatic rings. The van der Waals surface area contributed by atoms with Crippen LogP contribution in [0.2, 0.25) is 0 Å². The number of hydrogen-bond acceptors (Lipinski definition) is 2. The van der Waals surface area contributed by atoms with Gasteiger partial charge in [-0.1, -0.05) is 25.0 Å². The molecule has 1 atom stereocenters. The molecule has 1 N–H and O–H groups in total. The average molecular weight is 212 g/mol. The molecule has 1 rings (SSSR count). The molecule has 2 heteroatoms. The van der Waals surface area contributed by atoms with Crippen molar-refractivity contribution < 1.29 is 9.84 Å². The van der Waals surface area contributed by atoms with Crippen LogP contribution in [0.5, 0.6) is 0 Å². The number of ether oxygens (including phenoxy) is 1. The van der Waals surface area contributed by atoms with E-state index in [1.807, 2.05) is 0 Å². The number of aliphatic hydroxyl groups excluding tert-OH is 1. The van der Waals surface area contributed by atoms with Gasteiger partial charge in [-0.15, -0.1) is 0 Å². The van der Waals surface area contributed by atoms with Crippen LogP contribution in [0.1, 0.15) is 45.4 Å². The van der Waals surface area contributed by atoms with Gasteiger partial charge in [0.15, 0.2) is 0 Å². The molecule has 1 aliphatic rings. The Labute approximate surface area is 93.3 Å². The summed E-state index contributed by atoms with van der Waals surface area (Å²) in [7, 11) is 0. The summed E-state index contributed by atoms with van der Waals surface area (Å²) in [5, 5.41) is 8.56. The predicted molar refractivity (Wildman–Crippen MR) is 62.9 cm³/mol. The highest BCUT2D eigenvalue weighted by Crippen LogP contribution is 2.24. The maximum atomic E-state index is 8.56. The summed E-state index contributed by atoms with van der Waals surface area (Å²) < 4.78 is 5.26. The van der Waals surface area contributed by atoms with Crippen molar-refractivity contribution >= 4 is 0 Å². The molecule has 0 amide bonds. The van der Waals surface area contributed by atoms with E-state index in [4.69, 9.17) is 9.84 Å². The highest BCUT2D eigenvalue weighted by Gasteiger charge is 2.07. The second kappa shape index (κ2) is 7.89. The van der Waals surface area contributed by atoms with Crippen LogP contribution in [0.4, 0.5) is 0 Å². The lowest BCUT2D eigenvalue weighted by Gasteiger charge is -2.16. The summed E-state index contributed by atoms with van der Waals surface area (Å²) in [6.07, 6.45) is 10.3. The molecule has 0 spiro atoms. The highest BCUT2D eigenvalue weighted by molar-refractivity contribution is 5.05. The summed E-state index contributed by atoms with van der Waals surface area (Å²) >= 11 is 0. The number of hydrogen-bond donors (Lipinski definition) is 1. The van der Waals surface area contributed by atoms with Gasteiger partial charge in [-0.3, -0.25) is 0 Å². The molecule has 0 aromatic carbocycles. The normalized spacial score (nSPS) is 18.9. The van der Waals surface area contributed by atoms with E-state index in [-0.39, 0.29) is 6.61 Å². The largest absolute Gasteiger partial charge is 0.394 e. The molecule has 0 bridgehead atoms. The summed E-state index contributed by atoms with van der Waals surface area (Å²) in [5.41, 5.74) is 1.65. The Morgan fingerprint density at radius 2 is 2.00 bits per heavy atom. The molecule has 1 fully saturated rings. The van der Waals surface area contributed by atoms with E-state index >= 15 is 0 Å². The number of rotatable bonds is 6. The topological polar surface area (TPSA) is 29.5 Å². The first-order valence-electron chi connectivity index (χ1n) is 6.21. The van der Waals surface area contributed by atoms with Crippen molar-refractivity contribution in [1.82, 2.24) is 0 Å². The van der Waals surface area contributed by atoms with Crippen LogP contribution >= 0.6 is 0 Å². The van der Waals surface area contributed by atoms with Gasteiger partial charge < -0.3 is 9.84 Å². The van der Waals surface area contributed by atoms with Crippen LogP contribution < -0.4 is 0 Å². The highest BCUT2D eigenvalue weighted by atomic mass is 16.5. The molecular weight excluding hydrogens is 188 g/mol. The predicted octanol–water partition coefficient (Wildman–Crippen LogP) is 2.91. The minimum atomic E-state index is 0.134. The van der Waals surface area contributed by atoms with Crippen LogP contribution in [0, 0.1) is 5.92 Å². The molecular formula is C13H24O2. The van der Waals surface area contributed by atoms with E-state index in [0.29, 0.717) is 12.5 Å². The smallest absolute Gasteiger partial charge is 0.0697 e. The zero-order valence-corrected chi connectivity index (χ0v) is 9.87. The lowest BCUT2D eigenvalue weighted by atomic mass is 9.91. The standard InChI is InChI=1S/C13H24O2/c1-12(7-9-15-10-8-14)11-13-5-3-2-4-6-13/h11-12,14H,2-10H2,1H3. The van der Waals surface area contributed by atoms with E-state index in [9.17, 15) is 0 Å². The minimum Gasteiger partial charge on any atom is -0.394 e. The molecule has 15 heavy (non-hydrogen) atoms. The lowest BCUT2D eigenvalue weighted by Crippen LogP contribution is -2.05. The second-order valence-corrected chi connectivity index (χ2v) is 4.49. The molecule has 0 aliphatic heterocycles. The summed E-state index contributed by atoms with van der Waals surface area (Å²) in [5.74, 6) is 0.622. The van der Waals surface area contributed by atoms with Gasteiger partial charge in [0, 0.05) is 6.61 Å². The first-order chi connectivity index (χ1) is 7.33. The SMILES string of the molecule is CC(C=C1CCCCC1)CCOCCO. The van der Waals surface area contributed by atoms with Crippen molar-refractivity contribution in [3.8, 4) is 0 Å². The van der Waals surface area contributed by atoms with Crippen molar-refractivity contribution in [2.75, 3.05) is 19.8 Å². The van der Waals surface area contributed by atoms with Gasteiger partial charge in [0.05, 0.1) is 13.2 Å². The van der Waals surface area contributed by atoms with Crippen LogP contribution in [0.25, 0.3) is 0 Å². The Balaban J connectivity index is 2.12. The van der Waals surface area contributed by atoms with Gasteiger partial charge in [-0.05, 0) is 38.0 Å². The van der Waals surface area contributed by atoms with Gasteiger partial charge in [0.2, 0.25) is 0 Å². The molecule has 0 heterocycles. The molecule has 1 unspecified atom stereocenters. The monoisotopic (exact) mass is 212 g/mol. The van der Waals surface area contributed by atoms with Gasteiger partial charge in [0.25, 0.3) is 0 Å². The third kappa shape index (κ3) is 5.95. The molecule has 0 saturated heterocycles. The maximum Gasteiger partial charge on any atom is 0.0697 e. The quantitative estimate of drug-likeness (QED) is 0.542. The van der Waals surface area contributed by atoms with Crippen molar-refractivity contribution in [3.05, 3.63) is 11.6 Å². The summed E-state index contributed by atoms with van der Waals surface area (Å²) in [6, 6.07) is 0. The summed E-state index contributed by atoms with van der Waals surface area (Å²) in [6.45, 7) is 3.63. The fourth-order valence-corrected chi connectivity index (χ4v) is 2.09. The molecule has 0 aromatic heterocycles.